The molecule has 2 amide bonds. The van der Waals surface area contributed by atoms with Crippen LogP contribution in [0.5, 0.6) is 0 Å². The van der Waals surface area contributed by atoms with Gasteiger partial charge >= 0.3 is 0 Å². The highest BCUT2D eigenvalue weighted by molar-refractivity contribution is 9.10. The zero-order valence-electron chi connectivity index (χ0n) is 10.2. The number of hydrogen-bond donors (Lipinski definition) is 1. The number of carbonyl (C=O) groups is 2. The molecule has 0 aliphatic carbocycles. The average molecular weight is 349 g/mol. The predicted octanol–water partition coefficient (Wildman–Crippen LogP) is 3.56. The summed E-state index contributed by atoms with van der Waals surface area (Å²) in [4.78, 5) is 23.1. The number of aromatic nitrogens is 1. The lowest BCUT2D eigenvalue weighted by molar-refractivity contribution is -0.115. The molecule has 0 unspecified atom stereocenters. The number of carbonyl (C=O) groups excluding carboxylic acids is 2. The molecule has 1 aromatic heterocycles. The Hall–Kier alpha value is -1.79. The fourth-order valence-electron chi connectivity index (χ4n) is 1.90. The van der Waals surface area contributed by atoms with E-state index in [9.17, 15) is 9.59 Å². The molecule has 3 rings (SSSR count). The number of nitrogens with one attached hydrogen (secondary N) is 1. The van der Waals surface area contributed by atoms with Crippen LogP contribution in [0.4, 0.5) is 4.79 Å². The molecule has 0 bridgehead atoms. The zero-order valence-corrected chi connectivity index (χ0v) is 12.6. The van der Waals surface area contributed by atoms with Gasteiger partial charge in [0, 0.05) is 22.1 Å². The third-order valence-electron chi connectivity index (χ3n) is 2.81. The van der Waals surface area contributed by atoms with E-state index in [0.717, 1.165) is 27.6 Å². The highest BCUT2D eigenvalue weighted by Crippen LogP contribution is 2.26. The molecule has 2 heterocycles. The van der Waals surface area contributed by atoms with Crippen molar-refractivity contribution < 1.29 is 9.59 Å². The summed E-state index contributed by atoms with van der Waals surface area (Å²) in [5.74, 6) is -0.344. The van der Waals surface area contributed by atoms with E-state index >= 15 is 0 Å². The third-order valence-corrected chi connectivity index (χ3v) is 4.15. The summed E-state index contributed by atoms with van der Waals surface area (Å²) in [6.07, 6.45) is 3.63. The number of benzene rings is 1. The fourth-order valence-corrected chi connectivity index (χ4v) is 2.84. The number of nitrogens with zero attached hydrogens (tertiary/aromatic N) is 1. The van der Waals surface area contributed by atoms with E-state index in [1.54, 1.807) is 6.08 Å². The third kappa shape index (κ3) is 2.57. The first-order valence-electron chi connectivity index (χ1n) is 5.81. The second-order valence-corrected chi connectivity index (χ2v) is 6.06. The van der Waals surface area contributed by atoms with Gasteiger partial charge in [-0.15, -0.1) is 0 Å². The van der Waals surface area contributed by atoms with Crippen molar-refractivity contribution in [2.24, 2.45) is 0 Å². The Morgan fingerprint density at radius 1 is 1.15 bits per heavy atom. The van der Waals surface area contributed by atoms with Crippen LogP contribution in [0.1, 0.15) is 5.69 Å². The molecule has 1 aliphatic rings. The first-order valence-corrected chi connectivity index (χ1v) is 7.42. The highest BCUT2D eigenvalue weighted by Gasteiger charge is 2.25. The van der Waals surface area contributed by atoms with Crippen molar-refractivity contribution in [3.63, 3.8) is 0 Å². The van der Waals surface area contributed by atoms with Crippen molar-refractivity contribution in [2.45, 2.75) is 0 Å². The maximum atomic E-state index is 11.6. The van der Waals surface area contributed by atoms with Crippen LogP contribution in [0.2, 0.25) is 0 Å². The molecule has 100 valence electrons. The van der Waals surface area contributed by atoms with Crippen molar-refractivity contribution in [2.75, 3.05) is 0 Å². The maximum Gasteiger partial charge on any atom is 0.290 e. The van der Waals surface area contributed by atoms with E-state index in [-0.39, 0.29) is 11.1 Å². The molecule has 20 heavy (non-hydrogen) atoms. The van der Waals surface area contributed by atoms with E-state index in [0.29, 0.717) is 4.91 Å². The van der Waals surface area contributed by atoms with Crippen LogP contribution < -0.4 is 5.32 Å². The van der Waals surface area contributed by atoms with Crippen LogP contribution in [-0.4, -0.2) is 15.7 Å². The number of thioether (sulfide) groups is 1. The summed E-state index contributed by atoms with van der Waals surface area (Å²) in [6.45, 7) is 0. The molecular weight excluding hydrogens is 340 g/mol. The van der Waals surface area contributed by atoms with Crippen molar-refractivity contribution >= 4 is 44.9 Å². The first kappa shape index (κ1) is 13.2. The van der Waals surface area contributed by atoms with Gasteiger partial charge in [0.25, 0.3) is 11.1 Å². The molecule has 2 aromatic rings. The number of amides is 2. The van der Waals surface area contributed by atoms with Crippen LogP contribution in [0.3, 0.4) is 0 Å². The Kier molecular flexibility index (Phi) is 3.50. The Morgan fingerprint density at radius 2 is 1.90 bits per heavy atom. The molecule has 1 N–H and O–H groups in total. The number of hydrogen-bond acceptors (Lipinski definition) is 3. The molecule has 0 saturated carbocycles. The summed E-state index contributed by atoms with van der Waals surface area (Å²) in [7, 11) is 0. The molecule has 6 heteroatoms. The number of rotatable bonds is 2. The predicted molar refractivity (Wildman–Crippen MR) is 82.6 cm³/mol. The SMILES string of the molecule is O=C1NC(=O)/C(=C/c2cccn2-c2ccc(Br)cc2)S1. The largest absolute Gasteiger partial charge is 0.317 e. The van der Waals surface area contributed by atoms with Crippen molar-refractivity contribution in [3.05, 3.63) is 57.7 Å². The standard InChI is InChI=1S/C14H9BrN2O2S/c15-9-3-5-10(6-4-9)17-7-1-2-11(17)8-12-13(18)16-14(19)20-12/h1-8H,(H,16,18,19)/b12-8-. The minimum Gasteiger partial charge on any atom is -0.317 e. The average Bonchev–Trinajstić information content (AvgIpc) is 2.98. The van der Waals surface area contributed by atoms with Crippen LogP contribution in [0.15, 0.2) is 52.0 Å². The van der Waals surface area contributed by atoms with E-state index in [1.807, 2.05) is 47.2 Å². The van der Waals surface area contributed by atoms with Gasteiger partial charge in [-0.3, -0.25) is 14.9 Å². The Labute approximate surface area is 128 Å². The van der Waals surface area contributed by atoms with Crippen molar-refractivity contribution in [1.82, 2.24) is 9.88 Å². The van der Waals surface area contributed by atoms with E-state index in [2.05, 4.69) is 21.2 Å². The summed E-state index contributed by atoms with van der Waals surface area (Å²) >= 11 is 4.32. The topological polar surface area (TPSA) is 51.1 Å². The molecule has 0 radical (unpaired) electrons. The van der Waals surface area contributed by atoms with Gasteiger partial charge in [-0.1, -0.05) is 15.9 Å². The molecule has 4 nitrogen and oxygen atoms in total. The second kappa shape index (κ2) is 5.30. The van der Waals surface area contributed by atoms with E-state index < -0.39 is 0 Å². The summed E-state index contributed by atoms with van der Waals surface area (Å²) in [5, 5.41) is 1.92. The summed E-state index contributed by atoms with van der Waals surface area (Å²) in [5.41, 5.74) is 1.83. The van der Waals surface area contributed by atoms with Gasteiger partial charge in [-0.25, -0.2) is 0 Å². The minimum absolute atomic E-state index is 0.331. The van der Waals surface area contributed by atoms with Crippen molar-refractivity contribution in [1.29, 1.82) is 0 Å². The number of halogens is 1. The molecule has 1 aromatic carbocycles. The lowest BCUT2D eigenvalue weighted by Crippen LogP contribution is -2.17. The monoisotopic (exact) mass is 348 g/mol. The lowest BCUT2D eigenvalue weighted by atomic mass is 10.3. The van der Waals surface area contributed by atoms with Gasteiger partial charge < -0.3 is 4.57 Å². The second-order valence-electron chi connectivity index (χ2n) is 4.13. The normalized spacial score (nSPS) is 16.8. The molecule has 1 aliphatic heterocycles. The Balaban J connectivity index is 1.99. The highest BCUT2D eigenvalue weighted by atomic mass is 79.9. The maximum absolute atomic E-state index is 11.6. The smallest absolute Gasteiger partial charge is 0.290 e. The molecule has 1 saturated heterocycles. The number of imide groups is 1. The molecule has 1 fully saturated rings. The molecule has 0 atom stereocenters. The first-order chi connectivity index (χ1) is 9.63. The van der Waals surface area contributed by atoms with Gasteiger partial charge in [0.05, 0.1) is 4.91 Å². The van der Waals surface area contributed by atoms with Gasteiger partial charge in [-0.2, -0.15) is 0 Å². The fraction of sp³-hybridized carbons (Fsp3) is 0. The van der Waals surface area contributed by atoms with Gasteiger partial charge in [0.15, 0.2) is 0 Å². The van der Waals surface area contributed by atoms with Gasteiger partial charge in [0.2, 0.25) is 0 Å². The minimum atomic E-state index is -0.344. The summed E-state index contributed by atoms with van der Waals surface area (Å²) in [6, 6.07) is 11.6. The van der Waals surface area contributed by atoms with E-state index in [1.165, 1.54) is 0 Å². The Bertz CT molecular complexity index is 719. The van der Waals surface area contributed by atoms with Crippen LogP contribution >= 0.6 is 27.7 Å². The quantitative estimate of drug-likeness (QED) is 0.844. The Morgan fingerprint density at radius 3 is 2.55 bits per heavy atom. The summed E-state index contributed by atoms with van der Waals surface area (Å²) < 4.78 is 2.96. The molecule has 0 spiro atoms. The van der Waals surface area contributed by atoms with E-state index in [4.69, 9.17) is 0 Å². The van der Waals surface area contributed by atoms with Gasteiger partial charge in [0.1, 0.15) is 0 Å². The van der Waals surface area contributed by atoms with Crippen LogP contribution in [0.25, 0.3) is 11.8 Å². The lowest BCUT2D eigenvalue weighted by Gasteiger charge is -2.06. The zero-order chi connectivity index (χ0) is 14.1. The van der Waals surface area contributed by atoms with Crippen LogP contribution in [-0.2, 0) is 4.79 Å². The van der Waals surface area contributed by atoms with Crippen molar-refractivity contribution in [3.8, 4) is 5.69 Å². The van der Waals surface area contributed by atoms with Crippen LogP contribution in [0, 0.1) is 0 Å². The molecular formula is C14H9BrN2O2S. The van der Waals surface area contributed by atoms with Gasteiger partial charge in [-0.05, 0) is 54.2 Å².